The fourth-order valence-electron chi connectivity index (χ4n) is 2.99. The molecule has 6 heteroatoms. The number of aromatic nitrogens is 1. The van der Waals surface area contributed by atoms with Gasteiger partial charge in [0, 0.05) is 12.3 Å². The second-order valence-corrected chi connectivity index (χ2v) is 7.02. The Morgan fingerprint density at radius 2 is 1.76 bits per heavy atom. The molecule has 0 amide bonds. The van der Waals surface area contributed by atoms with E-state index in [4.69, 9.17) is 32.7 Å². The van der Waals surface area contributed by atoms with Gasteiger partial charge in [-0.3, -0.25) is 0 Å². The first-order valence-electron chi connectivity index (χ1n) is 8.51. The SMILES string of the molecule is Cc1cc(Cl)c(OCCOc2ccc(C3CCNCC3)cn2)c(Cl)c1. The van der Waals surface area contributed by atoms with Gasteiger partial charge >= 0.3 is 0 Å². The van der Waals surface area contributed by atoms with E-state index in [1.54, 1.807) is 0 Å². The third kappa shape index (κ3) is 5.00. The molecule has 1 aromatic heterocycles. The fraction of sp³-hybridized carbons (Fsp3) is 0.421. The van der Waals surface area contributed by atoms with Crippen molar-refractivity contribution in [1.29, 1.82) is 0 Å². The van der Waals surface area contributed by atoms with Crippen molar-refractivity contribution < 1.29 is 9.47 Å². The Balaban J connectivity index is 1.48. The van der Waals surface area contributed by atoms with E-state index < -0.39 is 0 Å². The Hall–Kier alpha value is -1.49. The molecule has 134 valence electrons. The molecule has 3 rings (SSSR count). The van der Waals surface area contributed by atoms with Gasteiger partial charge in [-0.2, -0.15) is 0 Å². The van der Waals surface area contributed by atoms with Crippen LogP contribution in [0.25, 0.3) is 0 Å². The lowest BCUT2D eigenvalue weighted by Gasteiger charge is -2.22. The Morgan fingerprint density at radius 3 is 2.40 bits per heavy atom. The van der Waals surface area contributed by atoms with Gasteiger partial charge in [0.2, 0.25) is 5.88 Å². The molecule has 0 spiro atoms. The van der Waals surface area contributed by atoms with Gasteiger partial charge < -0.3 is 14.8 Å². The van der Waals surface area contributed by atoms with Crippen LogP contribution in [0.3, 0.4) is 0 Å². The van der Waals surface area contributed by atoms with Gasteiger partial charge in [-0.1, -0.05) is 29.3 Å². The van der Waals surface area contributed by atoms with Gasteiger partial charge in [0.15, 0.2) is 5.75 Å². The number of pyridine rings is 1. The molecule has 1 aliphatic rings. The highest BCUT2D eigenvalue weighted by molar-refractivity contribution is 6.37. The van der Waals surface area contributed by atoms with E-state index in [0.29, 0.717) is 40.8 Å². The fourth-order valence-corrected chi connectivity index (χ4v) is 3.69. The molecule has 25 heavy (non-hydrogen) atoms. The van der Waals surface area contributed by atoms with Crippen LogP contribution in [0.15, 0.2) is 30.5 Å². The molecular formula is C19H22Cl2N2O2. The first-order chi connectivity index (χ1) is 12.1. The summed E-state index contributed by atoms with van der Waals surface area (Å²) in [5.41, 5.74) is 2.28. The smallest absolute Gasteiger partial charge is 0.213 e. The van der Waals surface area contributed by atoms with Crippen LogP contribution in [0.4, 0.5) is 0 Å². The molecule has 1 aromatic carbocycles. The van der Waals surface area contributed by atoms with E-state index in [1.807, 2.05) is 31.3 Å². The summed E-state index contributed by atoms with van der Waals surface area (Å²) in [6.07, 6.45) is 4.24. The third-order valence-electron chi connectivity index (χ3n) is 4.29. The first-order valence-corrected chi connectivity index (χ1v) is 9.27. The van der Waals surface area contributed by atoms with Crippen LogP contribution in [0, 0.1) is 6.92 Å². The van der Waals surface area contributed by atoms with E-state index in [1.165, 1.54) is 5.56 Å². The number of halogens is 2. The zero-order chi connectivity index (χ0) is 17.6. The van der Waals surface area contributed by atoms with Crippen molar-refractivity contribution in [3.05, 3.63) is 51.6 Å². The normalized spacial score (nSPS) is 15.2. The third-order valence-corrected chi connectivity index (χ3v) is 4.85. The Bertz CT molecular complexity index is 678. The molecule has 1 N–H and O–H groups in total. The molecule has 1 aliphatic heterocycles. The average molecular weight is 381 g/mol. The summed E-state index contributed by atoms with van der Waals surface area (Å²) < 4.78 is 11.3. The van der Waals surface area contributed by atoms with Gasteiger partial charge in [0.25, 0.3) is 0 Å². The van der Waals surface area contributed by atoms with Crippen LogP contribution in [0.1, 0.15) is 29.9 Å². The first kappa shape index (κ1) is 18.3. The minimum Gasteiger partial charge on any atom is -0.487 e. The zero-order valence-corrected chi connectivity index (χ0v) is 15.7. The van der Waals surface area contributed by atoms with Crippen molar-refractivity contribution >= 4 is 23.2 Å². The number of hydrogen-bond acceptors (Lipinski definition) is 4. The zero-order valence-electron chi connectivity index (χ0n) is 14.2. The maximum Gasteiger partial charge on any atom is 0.213 e. The maximum atomic E-state index is 6.15. The van der Waals surface area contributed by atoms with Gasteiger partial charge in [-0.05, 0) is 62.0 Å². The van der Waals surface area contributed by atoms with E-state index in [9.17, 15) is 0 Å². The molecule has 0 unspecified atom stereocenters. The number of nitrogens with zero attached hydrogens (tertiary/aromatic N) is 1. The van der Waals surface area contributed by atoms with E-state index in [-0.39, 0.29) is 0 Å². The second-order valence-electron chi connectivity index (χ2n) is 6.21. The van der Waals surface area contributed by atoms with Gasteiger partial charge in [-0.15, -0.1) is 0 Å². The van der Waals surface area contributed by atoms with Crippen LogP contribution < -0.4 is 14.8 Å². The highest BCUT2D eigenvalue weighted by Gasteiger charge is 2.15. The van der Waals surface area contributed by atoms with E-state index in [0.717, 1.165) is 31.5 Å². The molecule has 0 atom stereocenters. The van der Waals surface area contributed by atoms with Crippen LogP contribution in [-0.2, 0) is 0 Å². The Morgan fingerprint density at radius 1 is 1.08 bits per heavy atom. The minimum absolute atomic E-state index is 0.347. The lowest BCUT2D eigenvalue weighted by Crippen LogP contribution is -2.26. The number of benzene rings is 1. The highest BCUT2D eigenvalue weighted by Crippen LogP contribution is 2.34. The van der Waals surface area contributed by atoms with Crippen molar-refractivity contribution in [1.82, 2.24) is 10.3 Å². The maximum absolute atomic E-state index is 6.15. The predicted molar refractivity (Wildman–Crippen MR) is 101 cm³/mol. The van der Waals surface area contributed by atoms with Crippen LogP contribution >= 0.6 is 23.2 Å². The summed E-state index contributed by atoms with van der Waals surface area (Å²) in [5, 5.41) is 4.39. The number of rotatable bonds is 6. The number of aryl methyl sites for hydroxylation is 1. The molecule has 0 saturated carbocycles. The summed E-state index contributed by atoms with van der Waals surface area (Å²) in [6, 6.07) is 7.67. The summed E-state index contributed by atoms with van der Waals surface area (Å²) in [6.45, 7) is 4.80. The summed E-state index contributed by atoms with van der Waals surface area (Å²) in [4.78, 5) is 4.39. The molecule has 0 bridgehead atoms. The Labute approximate surface area is 158 Å². The average Bonchev–Trinajstić information content (AvgIpc) is 2.61. The lowest BCUT2D eigenvalue weighted by molar-refractivity contribution is 0.212. The van der Waals surface area contributed by atoms with E-state index in [2.05, 4.69) is 16.4 Å². The molecule has 0 radical (unpaired) electrons. The lowest BCUT2D eigenvalue weighted by atomic mass is 9.91. The molecule has 2 aromatic rings. The summed E-state index contributed by atoms with van der Waals surface area (Å²) >= 11 is 12.3. The Kier molecular flexibility index (Phi) is 6.40. The predicted octanol–water partition coefficient (Wildman–Crippen LogP) is 4.62. The van der Waals surface area contributed by atoms with Crippen molar-refractivity contribution in [2.75, 3.05) is 26.3 Å². The standard InChI is InChI=1S/C19H22Cl2N2O2/c1-13-10-16(20)19(17(21)11-13)25-9-8-24-18-3-2-15(12-23-18)14-4-6-22-7-5-14/h2-3,10-12,14,22H,4-9H2,1H3. The highest BCUT2D eigenvalue weighted by atomic mass is 35.5. The van der Waals surface area contributed by atoms with Crippen molar-refractivity contribution in [3.63, 3.8) is 0 Å². The topological polar surface area (TPSA) is 43.4 Å². The molecule has 1 saturated heterocycles. The molecule has 0 aliphatic carbocycles. The number of piperidine rings is 1. The summed E-state index contributed by atoms with van der Waals surface area (Å²) in [5.74, 6) is 1.69. The largest absolute Gasteiger partial charge is 0.487 e. The number of nitrogens with one attached hydrogen (secondary N) is 1. The van der Waals surface area contributed by atoms with Crippen molar-refractivity contribution in [2.24, 2.45) is 0 Å². The van der Waals surface area contributed by atoms with Gasteiger partial charge in [-0.25, -0.2) is 4.98 Å². The van der Waals surface area contributed by atoms with E-state index >= 15 is 0 Å². The van der Waals surface area contributed by atoms with Crippen LogP contribution in [-0.4, -0.2) is 31.3 Å². The van der Waals surface area contributed by atoms with Crippen LogP contribution in [0.5, 0.6) is 11.6 Å². The molecule has 2 heterocycles. The van der Waals surface area contributed by atoms with Gasteiger partial charge in [0.05, 0.1) is 10.0 Å². The van der Waals surface area contributed by atoms with Crippen LogP contribution in [0.2, 0.25) is 10.0 Å². The second kappa shape index (κ2) is 8.75. The minimum atomic E-state index is 0.347. The molecule has 4 nitrogen and oxygen atoms in total. The van der Waals surface area contributed by atoms with Crippen molar-refractivity contribution in [2.45, 2.75) is 25.7 Å². The van der Waals surface area contributed by atoms with Crippen molar-refractivity contribution in [3.8, 4) is 11.6 Å². The monoisotopic (exact) mass is 380 g/mol. The number of hydrogen-bond donors (Lipinski definition) is 1. The van der Waals surface area contributed by atoms with Gasteiger partial charge in [0.1, 0.15) is 13.2 Å². The summed E-state index contributed by atoms with van der Waals surface area (Å²) in [7, 11) is 0. The molecular weight excluding hydrogens is 359 g/mol. The number of ether oxygens (including phenoxy) is 2. The molecule has 1 fully saturated rings. The quantitative estimate of drug-likeness (QED) is 0.742.